The molecule has 8 heteroatoms. The minimum atomic E-state index is -0.516. The Morgan fingerprint density at radius 1 is 1.40 bits per heavy atom. The lowest BCUT2D eigenvalue weighted by Gasteiger charge is -2.15. The SMILES string of the molecule is NC(=O)CSc1nc(=O)cc(N)n1-c1ccccc1Cl. The van der Waals surface area contributed by atoms with Gasteiger partial charge in [-0.25, -0.2) is 0 Å². The van der Waals surface area contributed by atoms with Crippen molar-refractivity contribution in [2.75, 3.05) is 11.5 Å². The summed E-state index contributed by atoms with van der Waals surface area (Å²) in [6.07, 6.45) is 0. The number of primary amides is 1. The van der Waals surface area contributed by atoms with E-state index in [4.69, 9.17) is 23.1 Å². The molecule has 0 aliphatic rings. The number of hydrogen-bond donors (Lipinski definition) is 2. The number of nitrogen functional groups attached to an aromatic ring is 1. The highest BCUT2D eigenvalue weighted by Gasteiger charge is 2.13. The van der Waals surface area contributed by atoms with Crippen LogP contribution in [0, 0.1) is 0 Å². The molecule has 0 fully saturated rings. The summed E-state index contributed by atoms with van der Waals surface area (Å²) in [4.78, 5) is 26.2. The van der Waals surface area contributed by atoms with E-state index in [9.17, 15) is 9.59 Å². The van der Waals surface area contributed by atoms with Crippen LogP contribution in [0.5, 0.6) is 0 Å². The molecule has 2 rings (SSSR count). The molecule has 0 unspecified atom stereocenters. The predicted octanol–water partition coefficient (Wildman–Crippen LogP) is 1.05. The predicted molar refractivity (Wildman–Crippen MR) is 79.2 cm³/mol. The number of hydrogen-bond acceptors (Lipinski definition) is 5. The summed E-state index contributed by atoms with van der Waals surface area (Å²) in [5, 5.41) is 0.715. The number of nitrogens with zero attached hydrogens (tertiary/aromatic N) is 2. The van der Waals surface area contributed by atoms with Gasteiger partial charge >= 0.3 is 0 Å². The molecule has 1 amide bonds. The van der Waals surface area contributed by atoms with Gasteiger partial charge in [0, 0.05) is 6.07 Å². The van der Waals surface area contributed by atoms with E-state index in [1.54, 1.807) is 24.3 Å². The minimum absolute atomic E-state index is 0.0135. The first-order chi connectivity index (χ1) is 9.49. The second kappa shape index (κ2) is 5.98. The number of carbonyl (C=O) groups is 1. The van der Waals surface area contributed by atoms with Crippen molar-refractivity contribution in [1.82, 2.24) is 9.55 Å². The molecule has 0 aliphatic carbocycles. The highest BCUT2D eigenvalue weighted by molar-refractivity contribution is 7.99. The molecule has 0 radical (unpaired) electrons. The number of amides is 1. The average Bonchev–Trinajstić information content (AvgIpc) is 2.37. The maximum absolute atomic E-state index is 11.5. The quantitative estimate of drug-likeness (QED) is 0.648. The van der Waals surface area contributed by atoms with E-state index in [0.717, 1.165) is 11.8 Å². The Bertz CT molecular complexity index is 717. The second-order valence-electron chi connectivity index (χ2n) is 3.84. The molecule has 0 aliphatic heterocycles. The lowest BCUT2D eigenvalue weighted by atomic mass is 10.3. The first-order valence-corrected chi connectivity index (χ1v) is 6.91. The van der Waals surface area contributed by atoms with Crippen LogP contribution in [0.25, 0.3) is 5.69 Å². The number of benzene rings is 1. The van der Waals surface area contributed by atoms with Gasteiger partial charge in [-0.3, -0.25) is 14.2 Å². The van der Waals surface area contributed by atoms with E-state index >= 15 is 0 Å². The van der Waals surface area contributed by atoms with Crippen molar-refractivity contribution in [3.63, 3.8) is 0 Å². The molecule has 4 N–H and O–H groups in total. The van der Waals surface area contributed by atoms with Crippen molar-refractivity contribution >= 4 is 35.1 Å². The maximum Gasteiger partial charge on any atom is 0.275 e. The smallest absolute Gasteiger partial charge is 0.275 e. The van der Waals surface area contributed by atoms with E-state index in [0.29, 0.717) is 10.7 Å². The molecule has 6 nitrogen and oxygen atoms in total. The van der Waals surface area contributed by atoms with Crippen LogP contribution < -0.4 is 17.0 Å². The molecule has 0 atom stereocenters. The average molecular weight is 311 g/mol. The van der Waals surface area contributed by atoms with Gasteiger partial charge < -0.3 is 11.5 Å². The van der Waals surface area contributed by atoms with Gasteiger partial charge in [-0.05, 0) is 12.1 Å². The highest BCUT2D eigenvalue weighted by atomic mass is 35.5. The monoisotopic (exact) mass is 310 g/mol. The zero-order valence-electron chi connectivity index (χ0n) is 10.2. The lowest BCUT2D eigenvalue weighted by Crippen LogP contribution is -2.19. The Morgan fingerprint density at radius 3 is 2.75 bits per heavy atom. The van der Waals surface area contributed by atoms with Crippen LogP contribution in [0.1, 0.15) is 0 Å². The largest absolute Gasteiger partial charge is 0.385 e. The Kier molecular flexibility index (Phi) is 4.31. The zero-order chi connectivity index (χ0) is 14.7. The Morgan fingerprint density at radius 2 is 2.10 bits per heavy atom. The Labute approximate surface area is 123 Å². The minimum Gasteiger partial charge on any atom is -0.385 e. The summed E-state index contributed by atoms with van der Waals surface area (Å²) in [5.74, 6) is -0.345. The van der Waals surface area contributed by atoms with Crippen molar-refractivity contribution < 1.29 is 4.79 Å². The zero-order valence-corrected chi connectivity index (χ0v) is 11.8. The molecule has 1 heterocycles. The van der Waals surface area contributed by atoms with Crippen molar-refractivity contribution in [2.24, 2.45) is 5.73 Å². The summed E-state index contributed by atoms with van der Waals surface area (Å²) in [7, 11) is 0. The molecule has 2 aromatic rings. The molecule has 0 bridgehead atoms. The number of thioether (sulfide) groups is 1. The fourth-order valence-corrected chi connectivity index (χ4v) is 2.56. The number of halogens is 1. The van der Waals surface area contributed by atoms with E-state index in [2.05, 4.69) is 4.98 Å². The number of anilines is 1. The molecule has 1 aromatic heterocycles. The molecular formula is C12H11ClN4O2S. The normalized spacial score (nSPS) is 10.4. The van der Waals surface area contributed by atoms with Crippen LogP contribution in [-0.4, -0.2) is 21.2 Å². The fourth-order valence-electron chi connectivity index (χ4n) is 1.59. The van der Waals surface area contributed by atoms with E-state index in [1.165, 1.54) is 10.6 Å². The second-order valence-corrected chi connectivity index (χ2v) is 5.19. The Hall–Kier alpha value is -1.99. The van der Waals surface area contributed by atoms with Crippen LogP contribution in [0.4, 0.5) is 5.82 Å². The highest BCUT2D eigenvalue weighted by Crippen LogP contribution is 2.27. The topological polar surface area (TPSA) is 104 Å². The fraction of sp³-hybridized carbons (Fsp3) is 0.0833. The molecule has 104 valence electrons. The van der Waals surface area contributed by atoms with Gasteiger partial charge in [0.1, 0.15) is 5.82 Å². The molecule has 20 heavy (non-hydrogen) atoms. The number of rotatable bonds is 4. The summed E-state index contributed by atoms with van der Waals surface area (Å²) in [6.45, 7) is 0. The summed E-state index contributed by atoms with van der Waals surface area (Å²) in [5.41, 5.74) is 11.1. The van der Waals surface area contributed by atoms with Crippen LogP contribution >= 0.6 is 23.4 Å². The van der Waals surface area contributed by atoms with Gasteiger partial charge in [0.25, 0.3) is 5.56 Å². The van der Waals surface area contributed by atoms with E-state index in [-0.39, 0.29) is 16.7 Å². The maximum atomic E-state index is 11.5. The van der Waals surface area contributed by atoms with Crippen LogP contribution in [0.15, 0.2) is 40.3 Å². The van der Waals surface area contributed by atoms with Crippen molar-refractivity contribution in [1.29, 1.82) is 0 Å². The number of nitrogens with two attached hydrogens (primary N) is 2. The standard InChI is InChI=1S/C12H11ClN4O2S/c13-7-3-1-2-4-8(7)17-9(14)5-11(19)16-12(17)20-6-10(15)18/h1-5H,6,14H2,(H2,15,18). The van der Waals surface area contributed by atoms with E-state index in [1.807, 2.05) is 0 Å². The summed E-state index contributed by atoms with van der Waals surface area (Å²) >= 11 is 7.15. The molecule has 0 saturated carbocycles. The van der Waals surface area contributed by atoms with Gasteiger partial charge in [-0.2, -0.15) is 4.98 Å². The van der Waals surface area contributed by atoms with Crippen LogP contribution in [-0.2, 0) is 4.79 Å². The van der Waals surface area contributed by atoms with Crippen molar-refractivity contribution in [3.8, 4) is 5.69 Å². The first-order valence-electron chi connectivity index (χ1n) is 5.54. The van der Waals surface area contributed by atoms with Gasteiger partial charge in [-0.1, -0.05) is 35.5 Å². The van der Waals surface area contributed by atoms with Gasteiger partial charge in [0.15, 0.2) is 5.16 Å². The third-order valence-corrected chi connectivity index (χ3v) is 3.64. The Balaban J connectivity index is 2.59. The molecule has 0 spiro atoms. The molecule has 1 aromatic carbocycles. The van der Waals surface area contributed by atoms with Gasteiger partial charge in [0.05, 0.1) is 16.5 Å². The molecule has 0 saturated heterocycles. The van der Waals surface area contributed by atoms with Crippen molar-refractivity contribution in [2.45, 2.75) is 5.16 Å². The van der Waals surface area contributed by atoms with Crippen LogP contribution in [0.3, 0.4) is 0 Å². The number of aromatic nitrogens is 2. The van der Waals surface area contributed by atoms with Crippen LogP contribution in [0.2, 0.25) is 5.02 Å². The number of carbonyl (C=O) groups excluding carboxylic acids is 1. The first kappa shape index (κ1) is 14.4. The van der Waals surface area contributed by atoms with E-state index < -0.39 is 11.5 Å². The lowest BCUT2D eigenvalue weighted by molar-refractivity contribution is -0.115. The van der Waals surface area contributed by atoms with Gasteiger partial charge in [-0.15, -0.1) is 0 Å². The van der Waals surface area contributed by atoms with Crippen molar-refractivity contribution in [3.05, 3.63) is 45.7 Å². The van der Waals surface area contributed by atoms with Gasteiger partial charge in [0.2, 0.25) is 5.91 Å². The number of para-hydroxylation sites is 1. The summed E-state index contributed by atoms with van der Waals surface area (Å²) < 4.78 is 1.51. The third kappa shape index (κ3) is 3.12. The third-order valence-electron chi connectivity index (χ3n) is 2.36. The summed E-state index contributed by atoms with van der Waals surface area (Å²) in [6, 6.07) is 8.17. The molecular weight excluding hydrogens is 300 g/mol.